The Kier molecular flexibility index (Phi) is 4.85. The van der Waals surface area contributed by atoms with Gasteiger partial charge in [0.05, 0.1) is 17.9 Å². The first-order valence-corrected chi connectivity index (χ1v) is 6.67. The Morgan fingerprint density at radius 2 is 2.10 bits per heavy atom. The number of nitrogens with two attached hydrogens (primary N) is 1. The summed E-state index contributed by atoms with van der Waals surface area (Å²) in [5.41, 5.74) is 7.39. The van der Waals surface area contributed by atoms with Gasteiger partial charge in [0, 0.05) is 18.3 Å². The van der Waals surface area contributed by atoms with E-state index in [-0.39, 0.29) is 5.78 Å². The van der Waals surface area contributed by atoms with E-state index >= 15 is 0 Å². The summed E-state index contributed by atoms with van der Waals surface area (Å²) in [5.74, 6) is 0.541. The van der Waals surface area contributed by atoms with Crippen LogP contribution in [0, 0.1) is 0 Å². The third-order valence-corrected chi connectivity index (χ3v) is 2.88. The summed E-state index contributed by atoms with van der Waals surface area (Å²) in [6.45, 7) is 2.94. The fourth-order valence-corrected chi connectivity index (χ4v) is 1.88. The van der Waals surface area contributed by atoms with Crippen LogP contribution in [0.5, 0.6) is 5.75 Å². The molecule has 20 heavy (non-hydrogen) atoms. The predicted molar refractivity (Wildman–Crippen MR) is 77.8 cm³/mol. The maximum atomic E-state index is 12.5. The second kappa shape index (κ2) is 6.82. The van der Waals surface area contributed by atoms with E-state index in [2.05, 4.69) is 4.98 Å². The fourth-order valence-electron chi connectivity index (χ4n) is 1.88. The van der Waals surface area contributed by atoms with Gasteiger partial charge in [0.25, 0.3) is 0 Å². The molecular formula is C16H18N2O2. The van der Waals surface area contributed by atoms with E-state index in [0.29, 0.717) is 35.7 Å². The van der Waals surface area contributed by atoms with Crippen LogP contribution in [0.15, 0.2) is 42.6 Å². The molecule has 104 valence electrons. The summed E-state index contributed by atoms with van der Waals surface area (Å²) < 4.78 is 5.62. The number of rotatable bonds is 6. The Bertz CT molecular complexity index is 597. The number of ketones is 1. The zero-order chi connectivity index (χ0) is 14.4. The third kappa shape index (κ3) is 3.22. The molecule has 0 atom stereocenters. The van der Waals surface area contributed by atoms with Gasteiger partial charge in [0.2, 0.25) is 0 Å². The molecule has 0 aliphatic carbocycles. The van der Waals surface area contributed by atoms with Gasteiger partial charge in [-0.15, -0.1) is 0 Å². The normalized spacial score (nSPS) is 10.3. The van der Waals surface area contributed by atoms with E-state index < -0.39 is 0 Å². The smallest absolute Gasteiger partial charge is 0.196 e. The van der Waals surface area contributed by atoms with Crippen LogP contribution in [0.2, 0.25) is 0 Å². The summed E-state index contributed by atoms with van der Waals surface area (Å²) >= 11 is 0. The molecule has 1 heterocycles. The van der Waals surface area contributed by atoms with E-state index in [1.807, 2.05) is 25.1 Å². The first-order valence-electron chi connectivity index (χ1n) is 6.67. The largest absolute Gasteiger partial charge is 0.493 e. The molecule has 1 aromatic carbocycles. The molecule has 4 nitrogen and oxygen atoms in total. The molecule has 0 unspecified atom stereocenters. The number of nitrogens with zero attached hydrogens (tertiary/aromatic N) is 1. The summed E-state index contributed by atoms with van der Waals surface area (Å²) in [7, 11) is 0. The third-order valence-electron chi connectivity index (χ3n) is 2.88. The van der Waals surface area contributed by atoms with Gasteiger partial charge < -0.3 is 10.5 Å². The Morgan fingerprint density at radius 1 is 1.30 bits per heavy atom. The summed E-state index contributed by atoms with van der Waals surface area (Å²) in [4.78, 5) is 16.6. The lowest BCUT2D eigenvalue weighted by Crippen LogP contribution is -2.08. The van der Waals surface area contributed by atoms with E-state index in [9.17, 15) is 4.79 Å². The topological polar surface area (TPSA) is 65.2 Å². The van der Waals surface area contributed by atoms with Crippen LogP contribution < -0.4 is 10.5 Å². The van der Waals surface area contributed by atoms with Crippen LogP contribution in [0.3, 0.4) is 0 Å². The van der Waals surface area contributed by atoms with Crippen molar-refractivity contribution in [2.24, 2.45) is 5.73 Å². The number of pyridine rings is 1. The van der Waals surface area contributed by atoms with Crippen molar-refractivity contribution in [1.82, 2.24) is 4.98 Å². The molecule has 1 aromatic heterocycles. The number of carbonyl (C=O) groups is 1. The minimum Gasteiger partial charge on any atom is -0.493 e. The second-order valence-electron chi connectivity index (χ2n) is 4.41. The maximum Gasteiger partial charge on any atom is 0.196 e. The highest BCUT2D eigenvalue weighted by molar-refractivity contribution is 6.10. The van der Waals surface area contributed by atoms with Gasteiger partial charge in [0.1, 0.15) is 5.75 Å². The molecule has 4 heteroatoms. The summed E-state index contributed by atoms with van der Waals surface area (Å²) in [6, 6.07) is 10.7. The van der Waals surface area contributed by atoms with E-state index in [0.717, 1.165) is 6.42 Å². The molecule has 0 spiro atoms. The van der Waals surface area contributed by atoms with Gasteiger partial charge in [-0.2, -0.15) is 0 Å². The molecule has 2 N–H and O–H groups in total. The van der Waals surface area contributed by atoms with Crippen LogP contribution in [0.4, 0.5) is 0 Å². The van der Waals surface area contributed by atoms with Gasteiger partial charge in [-0.25, -0.2) is 0 Å². The van der Waals surface area contributed by atoms with Crippen LogP contribution in [0.1, 0.15) is 35.0 Å². The Labute approximate surface area is 118 Å². The molecular weight excluding hydrogens is 252 g/mol. The number of ether oxygens (including phenoxy) is 1. The van der Waals surface area contributed by atoms with Gasteiger partial charge in [-0.3, -0.25) is 9.78 Å². The number of aromatic nitrogens is 1. The quantitative estimate of drug-likeness (QED) is 0.819. The minimum atomic E-state index is -0.0752. The van der Waals surface area contributed by atoms with Gasteiger partial charge in [-0.1, -0.05) is 19.1 Å². The molecule has 0 bridgehead atoms. The Hall–Kier alpha value is -2.20. The summed E-state index contributed by atoms with van der Waals surface area (Å²) in [5, 5.41) is 0. The van der Waals surface area contributed by atoms with E-state index in [4.69, 9.17) is 10.5 Å². The highest BCUT2D eigenvalue weighted by Crippen LogP contribution is 2.21. The molecule has 2 rings (SSSR count). The lowest BCUT2D eigenvalue weighted by Gasteiger charge is -2.10. The Morgan fingerprint density at radius 3 is 2.85 bits per heavy atom. The number of para-hydroxylation sites is 1. The molecule has 0 saturated carbocycles. The van der Waals surface area contributed by atoms with Crippen molar-refractivity contribution in [2.75, 3.05) is 6.61 Å². The highest BCUT2D eigenvalue weighted by Gasteiger charge is 2.14. The minimum absolute atomic E-state index is 0.0752. The van der Waals surface area contributed by atoms with Crippen LogP contribution >= 0.6 is 0 Å². The first kappa shape index (κ1) is 14.2. The van der Waals surface area contributed by atoms with Crippen molar-refractivity contribution in [3.8, 4) is 5.75 Å². The maximum absolute atomic E-state index is 12.5. The molecule has 0 radical (unpaired) electrons. The first-order chi connectivity index (χ1) is 9.76. The van der Waals surface area contributed by atoms with Gasteiger partial charge in [0.15, 0.2) is 5.78 Å². The number of hydrogen-bond donors (Lipinski definition) is 1. The van der Waals surface area contributed by atoms with Crippen molar-refractivity contribution >= 4 is 5.78 Å². The van der Waals surface area contributed by atoms with Crippen molar-refractivity contribution in [3.05, 3.63) is 59.4 Å². The van der Waals surface area contributed by atoms with Crippen LogP contribution in [-0.2, 0) is 6.54 Å². The Balaban J connectivity index is 2.32. The average Bonchev–Trinajstić information content (AvgIpc) is 2.52. The summed E-state index contributed by atoms with van der Waals surface area (Å²) in [6.07, 6.45) is 2.50. The SMILES string of the molecule is CCCOc1ccccc1C(=O)c1ccnc(CN)c1. The van der Waals surface area contributed by atoms with Crippen LogP contribution in [-0.4, -0.2) is 17.4 Å². The molecule has 0 aliphatic heterocycles. The van der Waals surface area contributed by atoms with Crippen LogP contribution in [0.25, 0.3) is 0 Å². The molecule has 0 saturated heterocycles. The van der Waals surface area contributed by atoms with E-state index in [1.165, 1.54) is 0 Å². The molecule has 2 aromatic rings. The van der Waals surface area contributed by atoms with Crippen molar-refractivity contribution in [3.63, 3.8) is 0 Å². The molecule has 0 fully saturated rings. The van der Waals surface area contributed by atoms with Crippen molar-refractivity contribution in [1.29, 1.82) is 0 Å². The van der Waals surface area contributed by atoms with Crippen molar-refractivity contribution < 1.29 is 9.53 Å². The van der Waals surface area contributed by atoms with Gasteiger partial charge >= 0.3 is 0 Å². The average molecular weight is 270 g/mol. The number of benzene rings is 1. The number of carbonyl (C=O) groups excluding carboxylic acids is 1. The molecule has 0 amide bonds. The lowest BCUT2D eigenvalue weighted by atomic mass is 10.0. The predicted octanol–water partition coefficient (Wildman–Crippen LogP) is 2.56. The van der Waals surface area contributed by atoms with Crippen molar-refractivity contribution in [2.45, 2.75) is 19.9 Å². The molecule has 0 aliphatic rings. The monoisotopic (exact) mass is 270 g/mol. The van der Waals surface area contributed by atoms with E-state index in [1.54, 1.807) is 24.4 Å². The zero-order valence-electron chi connectivity index (χ0n) is 11.5. The zero-order valence-corrected chi connectivity index (χ0v) is 11.5. The van der Waals surface area contributed by atoms with Gasteiger partial charge in [-0.05, 0) is 30.7 Å². The highest BCUT2D eigenvalue weighted by atomic mass is 16.5. The second-order valence-corrected chi connectivity index (χ2v) is 4.41. The lowest BCUT2D eigenvalue weighted by molar-refractivity contribution is 0.103. The number of hydrogen-bond acceptors (Lipinski definition) is 4. The fraction of sp³-hybridized carbons (Fsp3) is 0.250. The standard InChI is InChI=1S/C16H18N2O2/c1-2-9-20-15-6-4-3-5-14(15)16(19)12-7-8-18-13(10-12)11-17/h3-8,10H,2,9,11,17H2,1H3.